The van der Waals surface area contributed by atoms with Gasteiger partial charge in [-0.3, -0.25) is 0 Å². The van der Waals surface area contributed by atoms with Crippen molar-refractivity contribution in [3.8, 4) is 5.75 Å². The minimum absolute atomic E-state index is 0. The number of hydrogen-bond acceptors (Lipinski definition) is 5. The summed E-state index contributed by atoms with van der Waals surface area (Å²) in [5.74, 6) is 0.932. The Hall–Kier alpha value is -1.64. The van der Waals surface area contributed by atoms with Gasteiger partial charge in [0, 0.05) is 32.4 Å². The Morgan fingerprint density at radius 3 is 2.18 bits per heavy atom. The minimum atomic E-state index is 0. The quantitative estimate of drug-likeness (QED) is 0.0803. The summed E-state index contributed by atoms with van der Waals surface area (Å²) >= 11 is 1.86. The van der Waals surface area contributed by atoms with Crippen LogP contribution in [-0.4, -0.2) is 31.4 Å². The predicted molar refractivity (Wildman–Crippen MR) is 131 cm³/mol. The molecule has 1 heterocycles. The third-order valence-corrected chi connectivity index (χ3v) is 6.90. The molecule has 0 aliphatic rings. The average molecular weight is 543 g/mol. The molecule has 0 saturated heterocycles. The Labute approximate surface area is 213 Å². The molecule has 3 N–H and O–H groups in total. The van der Waals surface area contributed by atoms with Crippen LogP contribution in [0.3, 0.4) is 0 Å². The molecule has 8 heteroatoms. The number of aromatic nitrogens is 1. The molecule has 0 atom stereocenters. The Morgan fingerprint density at radius 1 is 0.970 bits per heavy atom. The maximum absolute atomic E-state index is 8.68. The topological polar surface area (TPSA) is 81.0 Å². The first-order valence-electron chi connectivity index (χ1n) is 11.8. The molecule has 2 aromatic rings. The normalized spacial score (nSPS) is 11.4. The Balaban J connectivity index is 0.00000544. The molecule has 0 spiro atoms. The number of benzene rings is 1. The van der Waals surface area contributed by atoms with Gasteiger partial charge in [-0.2, -0.15) is 4.57 Å². The number of oxime groups is 1. The summed E-state index contributed by atoms with van der Waals surface area (Å²) in [6, 6.07) is 7.30. The van der Waals surface area contributed by atoms with Crippen molar-refractivity contribution in [3.63, 3.8) is 0 Å². The molecule has 0 radical (unpaired) electrons. The summed E-state index contributed by atoms with van der Waals surface area (Å²) in [7, 11) is 1.77. The molecule has 186 valence electrons. The van der Waals surface area contributed by atoms with Crippen LogP contribution in [0.1, 0.15) is 73.9 Å². The van der Waals surface area contributed by atoms with E-state index >= 15 is 0 Å². The zero-order valence-electron chi connectivity index (χ0n) is 20.1. The molecule has 1 aromatic heterocycles. The number of hydrogen-bond donors (Lipinski definition) is 2. The molecular formula is C25H40BrN3O3S. The number of ether oxygens (including phenoxy) is 2. The van der Waals surface area contributed by atoms with E-state index in [1.165, 1.54) is 61.9 Å². The fourth-order valence-corrected chi connectivity index (χ4v) is 4.71. The van der Waals surface area contributed by atoms with Crippen molar-refractivity contribution < 1.29 is 36.2 Å². The van der Waals surface area contributed by atoms with Gasteiger partial charge in [-0.25, -0.2) is 0 Å². The zero-order valence-corrected chi connectivity index (χ0v) is 22.5. The van der Waals surface area contributed by atoms with Crippen molar-refractivity contribution >= 4 is 17.2 Å². The van der Waals surface area contributed by atoms with E-state index in [4.69, 9.17) is 20.4 Å². The first-order valence-corrected chi connectivity index (χ1v) is 12.7. The van der Waals surface area contributed by atoms with Gasteiger partial charge in [-0.15, -0.1) is 0 Å². The lowest BCUT2D eigenvalue weighted by Crippen LogP contribution is -3.00. The first kappa shape index (κ1) is 29.4. The first-order chi connectivity index (χ1) is 15.7. The maximum atomic E-state index is 8.68. The summed E-state index contributed by atoms with van der Waals surface area (Å²) in [6.45, 7) is 4.91. The van der Waals surface area contributed by atoms with Crippen LogP contribution in [0.15, 0.2) is 34.9 Å². The summed E-state index contributed by atoms with van der Waals surface area (Å²) in [5.41, 5.74) is 9.92. The minimum Gasteiger partial charge on any atom is -1.00 e. The summed E-state index contributed by atoms with van der Waals surface area (Å²) in [4.78, 5) is 1.45. The molecule has 0 bridgehead atoms. The third-order valence-electron chi connectivity index (χ3n) is 5.76. The highest BCUT2D eigenvalue weighted by atomic mass is 79.9. The second-order valence-corrected chi connectivity index (χ2v) is 9.15. The van der Waals surface area contributed by atoms with Crippen molar-refractivity contribution in [1.29, 1.82) is 0 Å². The molecule has 0 amide bonds. The summed E-state index contributed by atoms with van der Waals surface area (Å²) < 4.78 is 13.4. The van der Waals surface area contributed by atoms with Gasteiger partial charge in [0.1, 0.15) is 12.3 Å². The van der Waals surface area contributed by atoms with Gasteiger partial charge in [0.2, 0.25) is 5.51 Å². The molecule has 33 heavy (non-hydrogen) atoms. The molecule has 1 aromatic carbocycles. The number of amidine groups is 1. The van der Waals surface area contributed by atoms with Crippen LogP contribution in [0.2, 0.25) is 0 Å². The van der Waals surface area contributed by atoms with E-state index in [1.807, 2.05) is 23.5 Å². The zero-order chi connectivity index (χ0) is 23.0. The van der Waals surface area contributed by atoms with Crippen LogP contribution >= 0.6 is 11.3 Å². The van der Waals surface area contributed by atoms with E-state index in [1.54, 1.807) is 19.2 Å². The van der Waals surface area contributed by atoms with E-state index in [2.05, 4.69) is 22.2 Å². The molecule has 0 fully saturated rings. The van der Waals surface area contributed by atoms with E-state index < -0.39 is 0 Å². The number of methoxy groups -OCH3 is 1. The molecule has 2 rings (SSSR count). The fourth-order valence-electron chi connectivity index (χ4n) is 3.70. The molecular weight excluding hydrogens is 502 g/mol. The average Bonchev–Trinajstić information content (AvgIpc) is 3.17. The highest BCUT2D eigenvalue weighted by Crippen LogP contribution is 2.15. The number of aryl methyl sites for hydroxylation is 1. The molecule has 0 unspecified atom stereocenters. The second-order valence-electron chi connectivity index (χ2n) is 8.21. The standard InChI is InChI=1S/C25H39N3O3S.BrH/c1-21-24(16-19-30-2)32-20-28(21)17-10-8-6-4-3-5-7-9-11-18-31-23-14-12-22(13-15-23)25(26)27-29;/h12-15,20H,3-11,16-19H2,1-2H3,(H2-,26,27,29);1H. The smallest absolute Gasteiger partial charge is 0.225 e. The van der Waals surface area contributed by atoms with Gasteiger partial charge >= 0.3 is 0 Å². The SMILES string of the molecule is COCCc1sc[n+](CCCCCCCCCCCOc2ccc(/C(N)=N/O)cc2)c1C.[Br-]. The van der Waals surface area contributed by atoms with E-state index in [0.29, 0.717) is 5.56 Å². The van der Waals surface area contributed by atoms with Crippen LogP contribution in [-0.2, 0) is 17.7 Å². The molecule has 0 aliphatic heterocycles. The van der Waals surface area contributed by atoms with Gasteiger partial charge < -0.3 is 37.4 Å². The van der Waals surface area contributed by atoms with E-state index in [9.17, 15) is 0 Å². The number of nitrogens with zero attached hydrogens (tertiary/aromatic N) is 2. The van der Waals surface area contributed by atoms with Crippen molar-refractivity contribution in [3.05, 3.63) is 45.9 Å². The summed E-state index contributed by atoms with van der Waals surface area (Å²) in [6.07, 6.45) is 12.5. The number of rotatable bonds is 17. The number of halogens is 1. The molecule has 6 nitrogen and oxygen atoms in total. The lowest BCUT2D eigenvalue weighted by atomic mass is 10.1. The second kappa shape index (κ2) is 17.8. The highest BCUT2D eigenvalue weighted by molar-refractivity contribution is 7.09. The number of unbranched alkanes of at least 4 members (excludes halogenated alkanes) is 8. The van der Waals surface area contributed by atoms with Gasteiger partial charge in [0.25, 0.3) is 0 Å². The highest BCUT2D eigenvalue weighted by Gasteiger charge is 2.14. The Kier molecular flexibility index (Phi) is 15.8. The Morgan fingerprint density at radius 2 is 1.58 bits per heavy atom. The lowest BCUT2D eigenvalue weighted by molar-refractivity contribution is -0.698. The molecule has 0 saturated carbocycles. The van der Waals surface area contributed by atoms with Crippen molar-refractivity contribution in [1.82, 2.24) is 0 Å². The number of thiazole rings is 1. The van der Waals surface area contributed by atoms with Gasteiger partial charge in [-0.1, -0.05) is 55.0 Å². The maximum Gasteiger partial charge on any atom is 0.225 e. The van der Waals surface area contributed by atoms with Crippen molar-refractivity contribution in [2.75, 3.05) is 20.3 Å². The number of nitrogens with two attached hydrogens (primary N) is 1. The summed E-state index contributed by atoms with van der Waals surface area (Å²) in [5, 5.41) is 11.7. The predicted octanol–water partition coefficient (Wildman–Crippen LogP) is 2.22. The third kappa shape index (κ3) is 11.4. The van der Waals surface area contributed by atoms with Crippen LogP contribution in [0.5, 0.6) is 5.75 Å². The monoisotopic (exact) mass is 541 g/mol. The van der Waals surface area contributed by atoms with E-state index in [0.717, 1.165) is 38.3 Å². The Bertz CT molecular complexity index is 797. The van der Waals surface area contributed by atoms with Gasteiger partial charge in [-0.05, 0) is 37.1 Å². The molecule has 0 aliphatic carbocycles. The van der Waals surface area contributed by atoms with Crippen molar-refractivity contribution in [2.45, 2.75) is 77.7 Å². The van der Waals surface area contributed by atoms with Crippen LogP contribution in [0.25, 0.3) is 0 Å². The van der Waals surface area contributed by atoms with Crippen molar-refractivity contribution in [2.24, 2.45) is 10.9 Å². The lowest BCUT2D eigenvalue weighted by Gasteiger charge is -2.07. The van der Waals surface area contributed by atoms with Crippen LogP contribution in [0, 0.1) is 6.92 Å². The van der Waals surface area contributed by atoms with Crippen LogP contribution in [0.4, 0.5) is 0 Å². The van der Waals surface area contributed by atoms with Gasteiger partial charge in [0.05, 0.1) is 18.1 Å². The van der Waals surface area contributed by atoms with Gasteiger partial charge in [0.15, 0.2) is 11.5 Å². The largest absolute Gasteiger partial charge is 1.00 e. The van der Waals surface area contributed by atoms with Crippen LogP contribution < -0.4 is 32.0 Å². The van der Waals surface area contributed by atoms with E-state index in [-0.39, 0.29) is 22.8 Å². The fraction of sp³-hybridized carbons (Fsp3) is 0.600.